The van der Waals surface area contributed by atoms with Gasteiger partial charge in [0.15, 0.2) is 17.1 Å². The third kappa shape index (κ3) is 3.53. The largest absolute Gasteiger partial charge is 0.493 e. The zero-order chi connectivity index (χ0) is 21.4. The Morgan fingerprint density at radius 3 is 2.61 bits per heavy atom. The molecular formula is C22H23N7O2. The van der Waals surface area contributed by atoms with Crippen LogP contribution in [0.2, 0.25) is 0 Å². The minimum absolute atomic E-state index is 0.300. The van der Waals surface area contributed by atoms with Gasteiger partial charge in [-0.25, -0.2) is 9.97 Å². The molecule has 1 aliphatic heterocycles. The highest BCUT2D eigenvalue weighted by Crippen LogP contribution is 2.33. The van der Waals surface area contributed by atoms with Crippen molar-refractivity contribution in [3.63, 3.8) is 0 Å². The summed E-state index contributed by atoms with van der Waals surface area (Å²) in [6.07, 6.45) is 4.43. The number of nitrogens with two attached hydrogens (primary N) is 1. The summed E-state index contributed by atoms with van der Waals surface area (Å²) in [7, 11) is 3.32. The molecule has 0 saturated carbocycles. The number of pyridine rings is 1. The van der Waals surface area contributed by atoms with Crippen LogP contribution in [0, 0.1) is 0 Å². The molecule has 2 N–H and O–H groups in total. The molecule has 3 aromatic heterocycles. The van der Waals surface area contributed by atoms with E-state index in [1.165, 1.54) is 11.1 Å². The maximum atomic E-state index is 6.06. The van der Waals surface area contributed by atoms with E-state index < -0.39 is 0 Å². The second-order valence-corrected chi connectivity index (χ2v) is 7.46. The zero-order valence-electron chi connectivity index (χ0n) is 17.4. The first kappa shape index (κ1) is 19.3. The third-order valence-electron chi connectivity index (χ3n) is 5.55. The second kappa shape index (κ2) is 7.84. The zero-order valence-corrected chi connectivity index (χ0v) is 17.4. The Bertz CT molecular complexity index is 1240. The number of ether oxygens (including phenoxy) is 2. The van der Waals surface area contributed by atoms with Crippen LogP contribution in [-0.4, -0.2) is 50.2 Å². The molecule has 4 aromatic rings. The lowest BCUT2D eigenvalue weighted by Crippen LogP contribution is -2.30. The standard InChI is InChI=1S/C22H23N7O2/c1-30-18-9-14-6-8-28(12-15(14)10-19(18)31-2)13-16-11-25-22(23)29-21(16)26-20(27-29)17-5-3-4-7-24-17/h3-5,7,9-11H,6,8,12-13H2,1-2H3,(H2,23,25). The topological polar surface area (TPSA) is 104 Å². The molecule has 1 aromatic carbocycles. The lowest BCUT2D eigenvalue weighted by Gasteiger charge is -2.29. The SMILES string of the molecule is COc1cc2c(cc1OC)CN(Cc1cnc(N)n3nc(-c4ccccn4)nc13)CC2. The second-order valence-electron chi connectivity index (χ2n) is 7.46. The molecule has 1 aliphatic rings. The van der Waals surface area contributed by atoms with Crippen LogP contribution in [0.15, 0.2) is 42.7 Å². The number of benzene rings is 1. The Balaban J connectivity index is 1.45. The fraction of sp³-hybridized carbons (Fsp3) is 0.273. The summed E-state index contributed by atoms with van der Waals surface area (Å²) in [4.78, 5) is 15.7. The summed E-state index contributed by atoms with van der Waals surface area (Å²) in [6.45, 7) is 2.40. The number of hydrogen-bond donors (Lipinski definition) is 1. The number of hydrogen-bond acceptors (Lipinski definition) is 8. The van der Waals surface area contributed by atoms with E-state index in [0.717, 1.165) is 36.6 Å². The first-order valence-corrected chi connectivity index (χ1v) is 10.0. The van der Waals surface area contributed by atoms with Gasteiger partial charge in [-0.15, -0.1) is 5.10 Å². The third-order valence-corrected chi connectivity index (χ3v) is 5.55. The minimum Gasteiger partial charge on any atom is -0.493 e. The van der Waals surface area contributed by atoms with Gasteiger partial charge in [0.2, 0.25) is 11.8 Å². The highest BCUT2D eigenvalue weighted by molar-refractivity contribution is 5.58. The molecule has 9 nitrogen and oxygen atoms in total. The number of anilines is 1. The molecule has 0 unspecified atom stereocenters. The molecule has 0 bridgehead atoms. The Kier molecular flexibility index (Phi) is 4.87. The van der Waals surface area contributed by atoms with E-state index in [1.54, 1.807) is 31.1 Å². The first-order chi connectivity index (χ1) is 15.2. The van der Waals surface area contributed by atoms with Crippen molar-refractivity contribution < 1.29 is 9.47 Å². The maximum absolute atomic E-state index is 6.06. The Morgan fingerprint density at radius 2 is 1.87 bits per heavy atom. The highest BCUT2D eigenvalue weighted by Gasteiger charge is 2.22. The number of aromatic nitrogens is 5. The monoisotopic (exact) mass is 417 g/mol. The van der Waals surface area contributed by atoms with Crippen molar-refractivity contribution in [1.29, 1.82) is 0 Å². The van der Waals surface area contributed by atoms with Crippen molar-refractivity contribution in [2.45, 2.75) is 19.5 Å². The molecule has 4 heterocycles. The van der Waals surface area contributed by atoms with Gasteiger partial charge in [0.25, 0.3) is 0 Å². The summed E-state index contributed by atoms with van der Waals surface area (Å²) in [5.74, 6) is 2.35. The Labute approximate surface area is 179 Å². The highest BCUT2D eigenvalue weighted by atomic mass is 16.5. The van der Waals surface area contributed by atoms with Crippen molar-refractivity contribution in [1.82, 2.24) is 29.5 Å². The molecule has 0 fully saturated rings. The van der Waals surface area contributed by atoms with Gasteiger partial charge in [-0.2, -0.15) is 4.52 Å². The van der Waals surface area contributed by atoms with Crippen LogP contribution in [0.5, 0.6) is 11.5 Å². The Hall–Kier alpha value is -3.72. The smallest absolute Gasteiger partial charge is 0.223 e. The predicted molar refractivity (Wildman–Crippen MR) is 116 cm³/mol. The minimum atomic E-state index is 0.300. The molecule has 9 heteroatoms. The van der Waals surface area contributed by atoms with Gasteiger partial charge in [-0.05, 0) is 41.8 Å². The molecule has 31 heavy (non-hydrogen) atoms. The fourth-order valence-electron chi connectivity index (χ4n) is 3.97. The summed E-state index contributed by atoms with van der Waals surface area (Å²) in [6, 6.07) is 9.78. The summed E-state index contributed by atoms with van der Waals surface area (Å²) < 4.78 is 12.5. The quantitative estimate of drug-likeness (QED) is 0.528. The van der Waals surface area contributed by atoms with Crippen LogP contribution >= 0.6 is 0 Å². The van der Waals surface area contributed by atoms with E-state index in [1.807, 2.05) is 18.2 Å². The number of nitrogens with zero attached hydrogens (tertiary/aromatic N) is 6. The average molecular weight is 417 g/mol. The molecular weight excluding hydrogens is 394 g/mol. The van der Waals surface area contributed by atoms with Crippen LogP contribution < -0.4 is 15.2 Å². The predicted octanol–water partition coefficient (Wildman–Crippen LogP) is 2.34. The molecule has 0 aliphatic carbocycles. The average Bonchev–Trinajstić information content (AvgIpc) is 3.27. The van der Waals surface area contributed by atoms with Crippen molar-refractivity contribution in [2.75, 3.05) is 26.5 Å². The van der Waals surface area contributed by atoms with E-state index in [2.05, 4.69) is 32.1 Å². The van der Waals surface area contributed by atoms with E-state index in [9.17, 15) is 0 Å². The Morgan fingerprint density at radius 1 is 1.06 bits per heavy atom. The van der Waals surface area contributed by atoms with Gasteiger partial charge in [0.1, 0.15) is 5.69 Å². The molecule has 0 amide bonds. The lowest BCUT2D eigenvalue weighted by molar-refractivity contribution is 0.244. The lowest BCUT2D eigenvalue weighted by atomic mass is 9.98. The van der Waals surface area contributed by atoms with Gasteiger partial charge >= 0.3 is 0 Å². The van der Waals surface area contributed by atoms with Crippen molar-refractivity contribution in [3.05, 3.63) is 59.4 Å². The van der Waals surface area contributed by atoms with Gasteiger partial charge in [0.05, 0.1) is 14.2 Å². The van der Waals surface area contributed by atoms with Gasteiger partial charge in [-0.3, -0.25) is 9.88 Å². The molecule has 158 valence electrons. The fourth-order valence-corrected chi connectivity index (χ4v) is 3.97. The van der Waals surface area contributed by atoms with Crippen LogP contribution in [0.4, 0.5) is 5.95 Å². The summed E-state index contributed by atoms with van der Waals surface area (Å²) >= 11 is 0. The number of nitrogen functional groups attached to an aromatic ring is 1. The van der Waals surface area contributed by atoms with Gasteiger partial charge in [0, 0.05) is 37.6 Å². The number of methoxy groups -OCH3 is 2. The first-order valence-electron chi connectivity index (χ1n) is 10.0. The van der Waals surface area contributed by atoms with Crippen molar-refractivity contribution in [2.24, 2.45) is 0 Å². The van der Waals surface area contributed by atoms with E-state index in [0.29, 0.717) is 29.7 Å². The molecule has 5 rings (SSSR count). The van der Waals surface area contributed by atoms with Crippen LogP contribution in [-0.2, 0) is 19.5 Å². The summed E-state index contributed by atoms with van der Waals surface area (Å²) in [5.41, 5.74) is 10.9. The van der Waals surface area contributed by atoms with E-state index >= 15 is 0 Å². The van der Waals surface area contributed by atoms with Gasteiger partial charge < -0.3 is 15.2 Å². The molecule has 0 saturated heterocycles. The van der Waals surface area contributed by atoms with Crippen LogP contribution in [0.1, 0.15) is 16.7 Å². The normalized spacial score (nSPS) is 13.9. The number of fused-ring (bicyclic) bond motifs is 2. The van der Waals surface area contributed by atoms with Crippen LogP contribution in [0.3, 0.4) is 0 Å². The molecule has 0 spiro atoms. The van der Waals surface area contributed by atoms with Crippen molar-refractivity contribution >= 4 is 11.6 Å². The number of rotatable bonds is 5. The van der Waals surface area contributed by atoms with Crippen molar-refractivity contribution in [3.8, 4) is 23.0 Å². The van der Waals surface area contributed by atoms with E-state index in [-0.39, 0.29) is 0 Å². The van der Waals surface area contributed by atoms with E-state index in [4.69, 9.17) is 20.2 Å². The van der Waals surface area contributed by atoms with Gasteiger partial charge in [-0.1, -0.05) is 6.07 Å². The molecule has 0 atom stereocenters. The molecule has 0 radical (unpaired) electrons. The maximum Gasteiger partial charge on any atom is 0.223 e. The van der Waals surface area contributed by atoms with Crippen LogP contribution in [0.25, 0.3) is 17.2 Å². The summed E-state index contributed by atoms with van der Waals surface area (Å²) in [5, 5.41) is 4.52.